The average molecular weight is 587 g/mol. The van der Waals surface area contributed by atoms with Crippen molar-refractivity contribution < 1.29 is 34.8 Å². The Labute approximate surface area is 223 Å². The van der Waals surface area contributed by atoms with Crippen molar-refractivity contribution in [3.63, 3.8) is 0 Å². The van der Waals surface area contributed by atoms with Gasteiger partial charge in [-0.2, -0.15) is 8.61 Å². The lowest BCUT2D eigenvalue weighted by molar-refractivity contribution is -0.130. The number of sulfonamides is 3. The Hall–Kier alpha value is -2.56. The van der Waals surface area contributed by atoms with Crippen molar-refractivity contribution in [1.29, 1.82) is 0 Å². The van der Waals surface area contributed by atoms with Crippen molar-refractivity contribution in [2.75, 3.05) is 69.6 Å². The highest BCUT2D eigenvalue weighted by atomic mass is 32.2. The van der Waals surface area contributed by atoms with Gasteiger partial charge in [-0.25, -0.2) is 25.3 Å². The molecule has 2 aromatic rings. The van der Waals surface area contributed by atoms with Gasteiger partial charge in [0.05, 0.1) is 34.9 Å². The van der Waals surface area contributed by atoms with E-state index in [0.29, 0.717) is 13.2 Å². The van der Waals surface area contributed by atoms with E-state index < -0.39 is 42.5 Å². The summed E-state index contributed by atoms with van der Waals surface area (Å²) in [5.74, 6) is -0.489. The SMILES string of the molecule is CS(=O)(=O)N(CC(=O)N1CCN(S(=O)(=O)c2ccccc2)CC1)c1ccc(S(=O)(=O)N2CCOCC2)cc1. The lowest BCUT2D eigenvalue weighted by atomic mass is 10.3. The molecule has 0 aliphatic carbocycles. The molecule has 15 heteroatoms. The maximum Gasteiger partial charge on any atom is 0.243 e. The van der Waals surface area contributed by atoms with Crippen LogP contribution in [0, 0.1) is 0 Å². The number of benzene rings is 2. The average Bonchev–Trinajstić information content (AvgIpc) is 2.92. The number of carbonyl (C=O) groups is 1. The van der Waals surface area contributed by atoms with Crippen LogP contribution in [-0.4, -0.2) is 110 Å². The Morgan fingerprint density at radius 1 is 0.737 bits per heavy atom. The third-order valence-electron chi connectivity index (χ3n) is 6.38. The lowest BCUT2D eigenvalue weighted by Crippen LogP contribution is -2.53. The number of amides is 1. The number of morpholine rings is 1. The number of carbonyl (C=O) groups excluding carboxylic acids is 1. The van der Waals surface area contributed by atoms with E-state index in [4.69, 9.17) is 4.74 Å². The van der Waals surface area contributed by atoms with Crippen LogP contribution in [0.3, 0.4) is 0 Å². The van der Waals surface area contributed by atoms with Gasteiger partial charge in [0.2, 0.25) is 36.0 Å². The van der Waals surface area contributed by atoms with E-state index in [1.54, 1.807) is 18.2 Å². The van der Waals surface area contributed by atoms with Crippen molar-refractivity contribution in [2.45, 2.75) is 9.79 Å². The molecule has 0 unspecified atom stereocenters. The number of rotatable bonds is 8. The molecular formula is C23H30N4O8S3. The zero-order valence-corrected chi connectivity index (χ0v) is 23.3. The van der Waals surface area contributed by atoms with Gasteiger partial charge in [0.15, 0.2) is 0 Å². The fourth-order valence-electron chi connectivity index (χ4n) is 4.26. The van der Waals surface area contributed by atoms with Gasteiger partial charge in [0.25, 0.3) is 0 Å². The van der Waals surface area contributed by atoms with E-state index in [1.807, 2.05) is 0 Å². The van der Waals surface area contributed by atoms with Crippen molar-refractivity contribution in [2.24, 2.45) is 0 Å². The molecule has 2 aromatic carbocycles. The van der Waals surface area contributed by atoms with Gasteiger partial charge in [-0.15, -0.1) is 0 Å². The molecule has 0 spiro atoms. The quantitative estimate of drug-likeness (QED) is 0.421. The first-order chi connectivity index (χ1) is 17.9. The Bertz CT molecular complexity index is 1450. The standard InChI is InChI=1S/C23H30N4O8S3/c1-36(29,30)27(20-7-9-22(10-8-20)38(33,34)26-15-17-35-18-16-26)19-23(28)24-11-13-25(14-12-24)37(31,32)21-5-3-2-4-6-21/h2-10H,11-19H2,1H3. The molecule has 0 N–H and O–H groups in total. The minimum Gasteiger partial charge on any atom is -0.379 e. The molecule has 12 nitrogen and oxygen atoms in total. The third kappa shape index (κ3) is 6.18. The molecule has 38 heavy (non-hydrogen) atoms. The smallest absolute Gasteiger partial charge is 0.243 e. The molecule has 2 fully saturated rings. The molecule has 0 atom stereocenters. The molecule has 2 saturated heterocycles. The van der Waals surface area contributed by atoms with Crippen LogP contribution in [0.2, 0.25) is 0 Å². The molecular weight excluding hydrogens is 556 g/mol. The molecule has 2 heterocycles. The first kappa shape index (κ1) is 28.4. The zero-order chi connectivity index (χ0) is 27.6. The van der Waals surface area contributed by atoms with Gasteiger partial charge in [-0.3, -0.25) is 9.10 Å². The molecule has 2 aliphatic rings. The topological polar surface area (TPSA) is 142 Å². The fourth-order valence-corrected chi connectivity index (χ4v) is 7.96. The molecule has 0 saturated carbocycles. The van der Waals surface area contributed by atoms with E-state index in [2.05, 4.69) is 0 Å². The van der Waals surface area contributed by atoms with E-state index >= 15 is 0 Å². The summed E-state index contributed by atoms with van der Waals surface area (Å²) in [5, 5.41) is 0. The van der Waals surface area contributed by atoms with E-state index in [-0.39, 0.29) is 54.7 Å². The molecule has 0 bridgehead atoms. The second kappa shape index (κ2) is 11.3. The Kier molecular flexibility index (Phi) is 8.44. The lowest BCUT2D eigenvalue weighted by Gasteiger charge is -2.35. The predicted molar refractivity (Wildman–Crippen MR) is 140 cm³/mol. The molecule has 4 rings (SSSR count). The highest BCUT2D eigenvalue weighted by Gasteiger charge is 2.32. The van der Waals surface area contributed by atoms with Crippen molar-refractivity contribution in [3.05, 3.63) is 54.6 Å². The first-order valence-corrected chi connectivity index (χ1v) is 16.6. The molecule has 0 aromatic heterocycles. The van der Waals surface area contributed by atoms with Crippen LogP contribution in [0.25, 0.3) is 0 Å². The van der Waals surface area contributed by atoms with Crippen molar-refractivity contribution >= 4 is 41.7 Å². The van der Waals surface area contributed by atoms with Gasteiger partial charge < -0.3 is 9.64 Å². The van der Waals surface area contributed by atoms with Gasteiger partial charge in [-0.1, -0.05) is 18.2 Å². The van der Waals surface area contributed by atoms with Crippen LogP contribution >= 0.6 is 0 Å². The number of ether oxygens (including phenoxy) is 1. The largest absolute Gasteiger partial charge is 0.379 e. The summed E-state index contributed by atoms with van der Waals surface area (Å²) in [6.07, 6.45) is 0.961. The maximum atomic E-state index is 13.0. The van der Waals surface area contributed by atoms with Gasteiger partial charge in [0, 0.05) is 39.3 Å². The predicted octanol–water partition coefficient (Wildman–Crippen LogP) is 0.00660. The van der Waals surface area contributed by atoms with Crippen LogP contribution < -0.4 is 4.31 Å². The zero-order valence-electron chi connectivity index (χ0n) is 20.8. The van der Waals surface area contributed by atoms with Crippen LogP contribution in [0.4, 0.5) is 5.69 Å². The summed E-state index contributed by atoms with van der Waals surface area (Å²) >= 11 is 0. The van der Waals surface area contributed by atoms with Crippen LogP contribution in [0.1, 0.15) is 0 Å². The minimum atomic E-state index is -3.89. The van der Waals surface area contributed by atoms with Crippen LogP contribution in [-0.2, 0) is 39.6 Å². The Morgan fingerprint density at radius 3 is 1.76 bits per heavy atom. The van der Waals surface area contributed by atoms with E-state index in [1.165, 1.54) is 49.9 Å². The Morgan fingerprint density at radius 2 is 1.24 bits per heavy atom. The summed E-state index contributed by atoms with van der Waals surface area (Å²) in [6, 6.07) is 13.3. The highest BCUT2D eigenvalue weighted by Crippen LogP contribution is 2.24. The normalized spacial score (nSPS) is 18.3. The minimum absolute atomic E-state index is 0.0127. The summed E-state index contributed by atoms with van der Waals surface area (Å²) in [5.41, 5.74) is 0.145. The van der Waals surface area contributed by atoms with E-state index in [9.17, 15) is 30.0 Å². The van der Waals surface area contributed by atoms with E-state index in [0.717, 1.165) is 10.6 Å². The van der Waals surface area contributed by atoms with Crippen molar-refractivity contribution in [3.8, 4) is 0 Å². The van der Waals surface area contributed by atoms with Gasteiger partial charge >= 0.3 is 0 Å². The Balaban J connectivity index is 1.44. The molecule has 0 radical (unpaired) electrons. The number of nitrogens with zero attached hydrogens (tertiary/aromatic N) is 4. The number of hydrogen-bond donors (Lipinski definition) is 0. The number of piperazine rings is 1. The van der Waals surface area contributed by atoms with Gasteiger partial charge in [0.1, 0.15) is 6.54 Å². The summed E-state index contributed by atoms with van der Waals surface area (Å²) < 4.78 is 85.2. The molecule has 1 amide bonds. The highest BCUT2D eigenvalue weighted by molar-refractivity contribution is 7.92. The number of anilines is 1. The van der Waals surface area contributed by atoms with Gasteiger partial charge in [-0.05, 0) is 36.4 Å². The van der Waals surface area contributed by atoms with Crippen LogP contribution in [0.5, 0.6) is 0 Å². The monoisotopic (exact) mass is 586 g/mol. The number of hydrogen-bond acceptors (Lipinski definition) is 8. The maximum absolute atomic E-state index is 13.0. The third-order valence-corrected chi connectivity index (χ3v) is 11.4. The first-order valence-electron chi connectivity index (χ1n) is 11.9. The second-order valence-corrected chi connectivity index (χ2v) is 14.7. The second-order valence-electron chi connectivity index (χ2n) is 8.88. The fraction of sp³-hybridized carbons (Fsp3) is 0.435. The van der Waals surface area contributed by atoms with Crippen molar-refractivity contribution in [1.82, 2.24) is 13.5 Å². The molecule has 2 aliphatic heterocycles. The summed E-state index contributed by atoms with van der Waals surface area (Å²) in [7, 11) is -11.3. The summed E-state index contributed by atoms with van der Waals surface area (Å²) in [6.45, 7) is 0.938. The molecule has 208 valence electrons. The summed E-state index contributed by atoms with van der Waals surface area (Å²) in [4.78, 5) is 14.6. The van der Waals surface area contributed by atoms with Crippen LogP contribution in [0.15, 0.2) is 64.4 Å².